The molecule has 2 aliphatic rings. The van der Waals surface area contributed by atoms with Crippen molar-refractivity contribution in [2.24, 2.45) is 17.6 Å². The highest BCUT2D eigenvalue weighted by molar-refractivity contribution is 6.07. The lowest BCUT2D eigenvalue weighted by Gasteiger charge is -2.27. The first-order valence-corrected chi connectivity index (χ1v) is 11.7. The van der Waals surface area contributed by atoms with Gasteiger partial charge < -0.3 is 11.1 Å². The van der Waals surface area contributed by atoms with E-state index in [1.54, 1.807) is 6.92 Å². The van der Waals surface area contributed by atoms with Gasteiger partial charge in [-0.2, -0.15) is 23.5 Å². The lowest BCUT2D eigenvalue weighted by Crippen LogP contribution is -2.26. The number of pyridine rings is 2. The topological polar surface area (TPSA) is 140 Å². The van der Waals surface area contributed by atoms with Crippen LogP contribution in [0.4, 0.5) is 23.2 Å². The predicted molar refractivity (Wildman–Crippen MR) is 125 cm³/mol. The van der Waals surface area contributed by atoms with E-state index in [0.717, 1.165) is 10.7 Å². The molecule has 0 aromatic carbocycles. The Morgan fingerprint density at radius 3 is 2.66 bits per heavy atom. The van der Waals surface area contributed by atoms with Crippen LogP contribution in [-0.2, 0) is 12.7 Å². The number of fused-ring (bicyclic) bond motifs is 3. The number of hydrogen-bond acceptors (Lipinski definition) is 6. The molecule has 1 fully saturated rings. The average Bonchev–Trinajstić information content (AvgIpc) is 3.62. The average molecular weight is 527 g/mol. The Hall–Kier alpha value is -4.34. The molecule has 0 saturated heterocycles. The summed E-state index contributed by atoms with van der Waals surface area (Å²) in [4.78, 5) is 33.5. The molecule has 2 amide bonds. The SMILES string of the molecule is Cc1c(NC(=O)c2cc(C(N)=O)nc3c2C(F)C(C)C2CC32)c(C(F)(F)F)nn1Cc1ccc(C#N)cn1. The molecule has 3 heterocycles. The van der Waals surface area contributed by atoms with E-state index in [1.807, 2.05) is 6.07 Å². The number of carbonyl (C=O) groups excluding carboxylic acids is 2. The van der Waals surface area contributed by atoms with Crippen LogP contribution in [0.3, 0.4) is 0 Å². The molecule has 0 radical (unpaired) electrons. The normalized spacial score (nSPS) is 21.7. The highest BCUT2D eigenvalue weighted by atomic mass is 19.4. The fraction of sp³-hybridized carbons (Fsp3) is 0.360. The van der Waals surface area contributed by atoms with Gasteiger partial charge in [-0.1, -0.05) is 6.92 Å². The van der Waals surface area contributed by atoms with Gasteiger partial charge in [-0.25, -0.2) is 9.37 Å². The predicted octanol–water partition coefficient (Wildman–Crippen LogP) is 4.04. The number of nitrogens with zero attached hydrogens (tertiary/aromatic N) is 5. The maximum absolute atomic E-state index is 15.4. The second-order valence-corrected chi connectivity index (χ2v) is 9.55. The number of aromatic nitrogens is 4. The van der Waals surface area contributed by atoms with Gasteiger partial charge in [0, 0.05) is 23.2 Å². The molecule has 9 nitrogen and oxygen atoms in total. The van der Waals surface area contributed by atoms with Crippen LogP contribution in [-0.4, -0.2) is 31.6 Å². The van der Waals surface area contributed by atoms with E-state index in [0.29, 0.717) is 12.1 Å². The van der Waals surface area contributed by atoms with E-state index >= 15 is 4.39 Å². The summed E-state index contributed by atoms with van der Waals surface area (Å²) in [5, 5.41) is 14.8. The summed E-state index contributed by atoms with van der Waals surface area (Å²) >= 11 is 0. The minimum atomic E-state index is -4.93. The van der Waals surface area contributed by atoms with Crippen molar-refractivity contribution >= 4 is 17.5 Å². The number of halogens is 4. The van der Waals surface area contributed by atoms with E-state index in [4.69, 9.17) is 11.0 Å². The van der Waals surface area contributed by atoms with Gasteiger partial charge in [-0.3, -0.25) is 19.3 Å². The minimum Gasteiger partial charge on any atom is -0.364 e. The number of primary amides is 1. The van der Waals surface area contributed by atoms with Crippen molar-refractivity contribution in [1.29, 1.82) is 5.26 Å². The Bertz CT molecular complexity index is 1510. The number of nitrogens with two attached hydrogens (primary N) is 1. The summed E-state index contributed by atoms with van der Waals surface area (Å²) in [7, 11) is 0. The first kappa shape index (κ1) is 25.3. The molecule has 38 heavy (non-hydrogen) atoms. The molecule has 3 aromatic heterocycles. The van der Waals surface area contributed by atoms with Gasteiger partial charge in [0.05, 0.1) is 34.9 Å². The first-order chi connectivity index (χ1) is 17.9. The van der Waals surface area contributed by atoms with Gasteiger partial charge in [0.15, 0.2) is 5.69 Å². The van der Waals surface area contributed by atoms with E-state index in [9.17, 15) is 22.8 Å². The number of amides is 2. The first-order valence-electron chi connectivity index (χ1n) is 11.7. The molecule has 0 spiro atoms. The number of rotatable bonds is 5. The number of carbonyl (C=O) groups is 2. The van der Waals surface area contributed by atoms with Gasteiger partial charge in [0.2, 0.25) is 0 Å². The fourth-order valence-electron chi connectivity index (χ4n) is 5.02. The van der Waals surface area contributed by atoms with Crippen molar-refractivity contribution in [3.05, 3.63) is 69.6 Å². The number of nitrogens with one attached hydrogen (secondary N) is 1. The van der Waals surface area contributed by atoms with E-state index in [-0.39, 0.29) is 52.2 Å². The van der Waals surface area contributed by atoms with E-state index < -0.39 is 41.5 Å². The highest BCUT2D eigenvalue weighted by Gasteiger charge is 2.53. The van der Waals surface area contributed by atoms with Crippen LogP contribution in [0, 0.1) is 30.1 Å². The van der Waals surface area contributed by atoms with E-state index in [1.165, 1.54) is 25.3 Å². The van der Waals surface area contributed by atoms with E-state index in [2.05, 4.69) is 20.4 Å². The minimum absolute atomic E-state index is 0.0113. The van der Waals surface area contributed by atoms with Gasteiger partial charge in [0.1, 0.15) is 17.9 Å². The summed E-state index contributed by atoms with van der Waals surface area (Å²) in [5.41, 5.74) is 3.68. The van der Waals surface area contributed by atoms with Gasteiger partial charge in [-0.15, -0.1) is 0 Å². The van der Waals surface area contributed by atoms with Crippen LogP contribution in [0.2, 0.25) is 0 Å². The van der Waals surface area contributed by atoms with Crippen LogP contribution >= 0.6 is 0 Å². The standard InChI is InChI=1S/C25H21F4N7O2/c1-10-14-5-15(14)21-18(19(10)26)16(6-17(33-21)23(31)37)24(38)34-20-11(2)36(35-22(20)25(27,28)29)9-13-4-3-12(7-30)8-32-13/h3-4,6,8,10,14-15,19H,5,9H2,1-2H3,(H2,31,37)(H,34,38). The summed E-state index contributed by atoms with van der Waals surface area (Å²) in [6.07, 6.45) is -4.59. The van der Waals surface area contributed by atoms with Crippen LogP contribution in [0.1, 0.15) is 80.2 Å². The summed E-state index contributed by atoms with van der Waals surface area (Å²) in [5.74, 6) is -2.53. The molecule has 0 bridgehead atoms. The van der Waals surface area contributed by atoms with Crippen molar-refractivity contribution in [3.8, 4) is 6.07 Å². The molecular weight excluding hydrogens is 506 g/mol. The van der Waals surface area contributed by atoms with Crippen LogP contribution < -0.4 is 11.1 Å². The van der Waals surface area contributed by atoms with Gasteiger partial charge in [-0.05, 0) is 43.4 Å². The maximum Gasteiger partial charge on any atom is 0.437 e. The van der Waals surface area contributed by atoms with Crippen LogP contribution in [0.25, 0.3) is 0 Å². The summed E-state index contributed by atoms with van der Waals surface area (Å²) in [6.45, 7) is 2.88. The highest BCUT2D eigenvalue weighted by Crippen LogP contribution is 2.61. The number of nitriles is 1. The van der Waals surface area contributed by atoms with Crippen LogP contribution in [0.15, 0.2) is 24.4 Å². The van der Waals surface area contributed by atoms with Gasteiger partial charge >= 0.3 is 6.18 Å². The zero-order valence-electron chi connectivity index (χ0n) is 20.2. The Balaban J connectivity index is 1.55. The second-order valence-electron chi connectivity index (χ2n) is 9.55. The molecule has 3 aromatic rings. The lowest BCUT2D eigenvalue weighted by molar-refractivity contribution is -0.140. The second kappa shape index (κ2) is 8.90. The van der Waals surface area contributed by atoms with Crippen molar-refractivity contribution in [2.75, 3.05) is 5.32 Å². The number of alkyl halides is 4. The van der Waals surface area contributed by atoms with Gasteiger partial charge in [0.25, 0.3) is 11.8 Å². The fourth-order valence-corrected chi connectivity index (χ4v) is 5.02. The molecular formula is C25H21F4N7O2. The smallest absolute Gasteiger partial charge is 0.364 e. The van der Waals surface area contributed by atoms with Crippen molar-refractivity contribution in [3.63, 3.8) is 0 Å². The molecule has 196 valence electrons. The quantitative estimate of drug-likeness (QED) is 0.480. The zero-order chi connectivity index (χ0) is 27.5. The maximum atomic E-state index is 15.4. The Morgan fingerprint density at radius 2 is 2.05 bits per heavy atom. The summed E-state index contributed by atoms with van der Waals surface area (Å²) < 4.78 is 58.3. The van der Waals surface area contributed by atoms with Crippen molar-refractivity contribution < 1.29 is 27.2 Å². The monoisotopic (exact) mass is 527 g/mol. The zero-order valence-corrected chi connectivity index (χ0v) is 20.2. The molecule has 4 unspecified atom stereocenters. The molecule has 4 atom stereocenters. The van der Waals surface area contributed by atoms with Crippen LogP contribution in [0.5, 0.6) is 0 Å². The Morgan fingerprint density at radius 1 is 1.32 bits per heavy atom. The molecule has 0 aliphatic heterocycles. The molecule has 5 rings (SSSR count). The number of hydrogen-bond donors (Lipinski definition) is 2. The third-order valence-electron chi connectivity index (χ3n) is 7.17. The molecule has 2 aliphatic carbocycles. The molecule has 13 heteroatoms. The largest absolute Gasteiger partial charge is 0.437 e. The van der Waals surface area contributed by atoms with Crippen molar-refractivity contribution in [1.82, 2.24) is 19.7 Å². The third kappa shape index (κ3) is 4.25. The summed E-state index contributed by atoms with van der Waals surface area (Å²) in [6, 6.07) is 5.87. The Labute approximate surface area is 213 Å². The Kier molecular flexibility index (Phi) is 5.93. The third-order valence-corrected chi connectivity index (χ3v) is 7.17. The molecule has 1 saturated carbocycles. The number of anilines is 1. The lowest BCUT2D eigenvalue weighted by atomic mass is 9.83. The molecule has 3 N–H and O–H groups in total. The van der Waals surface area contributed by atoms with Crippen molar-refractivity contribution in [2.45, 2.75) is 45.1 Å².